The summed E-state index contributed by atoms with van der Waals surface area (Å²) in [7, 11) is 1.79. The second-order valence-corrected chi connectivity index (χ2v) is 4.52. The minimum Gasteiger partial charge on any atom is -0.497 e. The number of rotatable bonds is 5. The van der Waals surface area contributed by atoms with E-state index >= 15 is 0 Å². The second kappa shape index (κ2) is 6.97. The molecule has 0 radical (unpaired) electrons. The molecule has 0 unspecified atom stereocenters. The Labute approximate surface area is 124 Å². The molecule has 0 aromatic heterocycles. The van der Waals surface area contributed by atoms with Crippen molar-refractivity contribution in [2.75, 3.05) is 14.2 Å². The average molecular weight is 284 g/mol. The Morgan fingerprint density at radius 1 is 0.810 bits per heavy atom. The quantitative estimate of drug-likeness (QED) is 0.646. The fourth-order valence-electron chi connectivity index (χ4n) is 1.90. The molecular weight excluding hydrogens is 267 g/mol. The monoisotopic (exact) mass is 284 g/mol. The third kappa shape index (κ3) is 4.11. The summed E-state index contributed by atoms with van der Waals surface area (Å²) in [6.07, 6.45) is 3.87. The van der Waals surface area contributed by atoms with Crippen molar-refractivity contribution >= 4 is 24.7 Å². The Morgan fingerprint density at radius 3 is 1.81 bits per heavy atom. The zero-order chi connectivity index (χ0) is 15.2. The van der Waals surface area contributed by atoms with Gasteiger partial charge in [0.15, 0.2) is 0 Å². The van der Waals surface area contributed by atoms with Gasteiger partial charge >= 0.3 is 7.12 Å². The van der Waals surface area contributed by atoms with Crippen LogP contribution >= 0.6 is 0 Å². The molecule has 0 aliphatic rings. The number of methoxy groups -OCH3 is 2. The highest BCUT2D eigenvalue weighted by molar-refractivity contribution is 6.58. The van der Waals surface area contributed by atoms with Crippen molar-refractivity contribution in [3.8, 4) is 11.5 Å². The van der Waals surface area contributed by atoms with Gasteiger partial charge in [-0.2, -0.15) is 0 Å². The number of benzene rings is 2. The molecule has 21 heavy (non-hydrogen) atoms. The first-order valence-corrected chi connectivity index (χ1v) is 6.49. The highest BCUT2D eigenvalue weighted by atomic mass is 16.5. The summed E-state index contributed by atoms with van der Waals surface area (Å²) in [6.45, 7) is 0. The van der Waals surface area contributed by atoms with Crippen molar-refractivity contribution in [3.05, 3.63) is 53.6 Å². The van der Waals surface area contributed by atoms with E-state index in [4.69, 9.17) is 19.5 Å². The molecule has 0 fully saturated rings. The zero-order valence-electron chi connectivity index (χ0n) is 12.0. The first-order chi connectivity index (χ1) is 10.1. The predicted molar refractivity (Wildman–Crippen MR) is 84.7 cm³/mol. The van der Waals surface area contributed by atoms with Gasteiger partial charge in [-0.05, 0) is 28.7 Å². The summed E-state index contributed by atoms with van der Waals surface area (Å²) in [5, 5.41) is 18.1. The van der Waals surface area contributed by atoms with E-state index in [0.29, 0.717) is 5.46 Å². The molecular formula is C16H17BO4. The normalized spacial score (nSPS) is 10.7. The molecule has 2 aromatic carbocycles. The summed E-state index contributed by atoms with van der Waals surface area (Å²) < 4.78 is 10.4. The van der Waals surface area contributed by atoms with E-state index in [9.17, 15) is 0 Å². The van der Waals surface area contributed by atoms with Gasteiger partial charge in [0.25, 0.3) is 0 Å². The molecule has 0 saturated heterocycles. The number of ether oxygens (including phenoxy) is 2. The summed E-state index contributed by atoms with van der Waals surface area (Å²) in [5.41, 5.74) is 2.38. The molecule has 2 aromatic rings. The molecule has 108 valence electrons. The largest absolute Gasteiger partial charge is 0.497 e. The summed E-state index contributed by atoms with van der Waals surface area (Å²) in [4.78, 5) is 0. The maximum atomic E-state index is 9.05. The number of hydrogen-bond donors (Lipinski definition) is 2. The highest BCUT2D eigenvalue weighted by Gasteiger charge is 2.08. The van der Waals surface area contributed by atoms with Crippen LogP contribution in [0.5, 0.6) is 11.5 Å². The predicted octanol–water partition coefficient (Wildman–Crippen LogP) is 1.55. The highest BCUT2D eigenvalue weighted by Crippen LogP contribution is 2.23. The summed E-state index contributed by atoms with van der Waals surface area (Å²) in [5.74, 6) is 1.46. The molecule has 0 atom stereocenters. The lowest BCUT2D eigenvalue weighted by Crippen LogP contribution is -2.29. The standard InChI is InChI=1S/C16H17BO4/c1-20-15-9-13(10-16(11-15)21-2)4-3-12-5-7-14(8-6-12)17(18)19/h3-11,18-19H,1-2H3/b4-3-. The van der Waals surface area contributed by atoms with Crippen LogP contribution in [0.4, 0.5) is 0 Å². The van der Waals surface area contributed by atoms with Crippen molar-refractivity contribution in [1.29, 1.82) is 0 Å². The van der Waals surface area contributed by atoms with Gasteiger partial charge in [-0.1, -0.05) is 36.4 Å². The Bertz CT molecular complexity index is 598. The van der Waals surface area contributed by atoms with Gasteiger partial charge in [0.2, 0.25) is 0 Å². The smallest absolute Gasteiger partial charge is 0.488 e. The molecule has 0 heterocycles. The molecule has 0 spiro atoms. The topological polar surface area (TPSA) is 58.9 Å². The molecule has 4 nitrogen and oxygen atoms in total. The summed E-state index contributed by atoms with van der Waals surface area (Å²) >= 11 is 0. The average Bonchev–Trinajstić information content (AvgIpc) is 2.52. The second-order valence-electron chi connectivity index (χ2n) is 4.52. The van der Waals surface area contributed by atoms with Gasteiger partial charge in [-0.3, -0.25) is 0 Å². The Hall–Kier alpha value is -2.24. The molecule has 0 bridgehead atoms. The Morgan fingerprint density at radius 2 is 1.33 bits per heavy atom. The van der Waals surface area contributed by atoms with E-state index in [0.717, 1.165) is 22.6 Å². The lowest BCUT2D eigenvalue weighted by molar-refractivity contribution is 0.394. The first kappa shape index (κ1) is 15.2. The van der Waals surface area contributed by atoms with Gasteiger partial charge in [-0.15, -0.1) is 0 Å². The van der Waals surface area contributed by atoms with E-state index in [2.05, 4.69) is 0 Å². The van der Waals surface area contributed by atoms with Crippen molar-refractivity contribution in [1.82, 2.24) is 0 Å². The molecule has 2 N–H and O–H groups in total. The van der Waals surface area contributed by atoms with Crippen LogP contribution in [0.2, 0.25) is 0 Å². The lowest BCUT2D eigenvalue weighted by Gasteiger charge is -2.06. The van der Waals surface area contributed by atoms with Crippen molar-refractivity contribution in [3.63, 3.8) is 0 Å². The third-order valence-corrected chi connectivity index (χ3v) is 3.08. The molecule has 2 rings (SSSR count). The van der Waals surface area contributed by atoms with Crippen LogP contribution in [-0.4, -0.2) is 31.4 Å². The van der Waals surface area contributed by atoms with Crippen molar-refractivity contribution in [2.24, 2.45) is 0 Å². The van der Waals surface area contributed by atoms with E-state index < -0.39 is 7.12 Å². The third-order valence-electron chi connectivity index (χ3n) is 3.08. The zero-order valence-corrected chi connectivity index (χ0v) is 12.0. The van der Waals surface area contributed by atoms with Gasteiger partial charge in [-0.25, -0.2) is 0 Å². The SMILES string of the molecule is COc1cc(/C=C\c2ccc(B(O)O)cc2)cc(OC)c1. The molecule has 0 aliphatic heterocycles. The van der Waals surface area contributed by atoms with Gasteiger partial charge in [0, 0.05) is 6.07 Å². The minimum absolute atomic E-state index is 0.468. The van der Waals surface area contributed by atoms with Gasteiger partial charge in [0.1, 0.15) is 11.5 Å². The van der Waals surface area contributed by atoms with Crippen LogP contribution in [0.1, 0.15) is 11.1 Å². The van der Waals surface area contributed by atoms with E-state index in [1.54, 1.807) is 26.4 Å². The van der Waals surface area contributed by atoms with Gasteiger partial charge < -0.3 is 19.5 Å². The summed E-state index contributed by atoms with van der Waals surface area (Å²) in [6, 6.07) is 12.6. The Kier molecular flexibility index (Phi) is 5.03. The van der Waals surface area contributed by atoms with Crippen molar-refractivity contribution in [2.45, 2.75) is 0 Å². The van der Waals surface area contributed by atoms with Crippen molar-refractivity contribution < 1.29 is 19.5 Å². The van der Waals surface area contributed by atoms with Crippen LogP contribution in [0.25, 0.3) is 12.2 Å². The number of hydrogen-bond acceptors (Lipinski definition) is 4. The molecule has 0 aliphatic carbocycles. The maximum Gasteiger partial charge on any atom is 0.488 e. The first-order valence-electron chi connectivity index (χ1n) is 6.49. The van der Waals surface area contributed by atoms with Crippen LogP contribution in [0, 0.1) is 0 Å². The van der Waals surface area contributed by atoms with Gasteiger partial charge in [0.05, 0.1) is 14.2 Å². The van der Waals surface area contributed by atoms with Crippen LogP contribution in [0.3, 0.4) is 0 Å². The van der Waals surface area contributed by atoms with E-state index in [1.165, 1.54) is 0 Å². The van der Waals surface area contributed by atoms with Crippen LogP contribution in [0.15, 0.2) is 42.5 Å². The molecule has 0 amide bonds. The van der Waals surface area contributed by atoms with Crippen LogP contribution < -0.4 is 14.9 Å². The fourth-order valence-corrected chi connectivity index (χ4v) is 1.90. The minimum atomic E-state index is -1.44. The molecule has 5 heteroatoms. The van der Waals surface area contributed by atoms with E-state index in [-0.39, 0.29) is 0 Å². The fraction of sp³-hybridized carbons (Fsp3) is 0.125. The lowest BCUT2D eigenvalue weighted by atomic mass is 9.80. The molecule has 0 saturated carbocycles. The van der Waals surface area contributed by atoms with E-state index in [1.807, 2.05) is 42.5 Å². The van der Waals surface area contributed by atoms with Crippen LogP contribution in [-0.2, 0) is 0 Å². The Balaban J connectivity index is 2.20. The maximum absolute atomic E-state index is 9.05.